The van der Waals surface area contributed by atoms with Crippen molar-refractivity contribution in [2.24, 2.45) is 28.4 Å². The van der Waals surface area contributed by atoms with Crippen LogP contribution in [0.4, 0.5) is 4.79 Å². The zero-order valence-electron chi connectivity index (χ0n) is 38.1. The Labute approximate surface area is 373 Å². The Hall–Kier alpha value is -4.81. The molecule has 0 aliphatic carbocycles. The zero-order chi connectivity index (χ0) is 45.3. The molecule has 1 aromatic carbocycles. The minimum absolute atomic E-state index is 0.123. The van der Waals surface area contributed by atoms with Gasteiger partial charge in [0.2, 0.25) is 5.91 Å². The number of aliphatic imine (C=N–C) groups is 2. The average molecular weight is 891 g/mol. The molecule has 5 aliphatic rings. The Balaban J connectivity index is 1.24. The van der Waals surface area contributed by atoms with Gasteiger partial charge in [0.25, 0.3) is 11.9 Å². The van der Waals surface area contributed by atoms with Crippen molar-refractivity contribution in [2.45, 2.75) is 116 Å². The Morgan fingerprint density at radius 1 is 1.14 bits per heavy atom. The van der Waals surface area contributed by atoms with E-state index in [-0.39, 0.29) is 37.6 Å². The van der Waals surface area contributed by atoms with E-state index >= 15 is 0 Å². The monoisotopic (exact) mass is 890 g/mol. The lowest BCUT2D eigenvalue weighted by molar-refractivity contribution is -0.732. The Bertz CT molecular complexity index is 2220. The van der Waals surface area contributed by atoms with Crippen LogP contribution in [0.5, 0.6) is 0 Å². The van der Waals surface area contributed by atoms with Crippen LogP contribution >= 0.6 is 11.8 Å². The van der Waals surface area contributed by atoms with Gasteiger partial charge in [0, 0.05) is 79.6 Å². The molecule has 6 atom stereocenters. The highest BCUT2D eigenvalue weighted by molar-refractivity contribution is 8.14. The van der Waals surface area contributed by atoms with Crippen molar-refractivity contribution in [2.75, 3.05) is 53.3 Å². The summed E-state index contributed by atoms with van der Waals surface area (Å²) in [6.45, 7) is 10.9. The maximum Gasteiger partial charge on any atom is 0.409 e. The van der Waals surface area contributed by atoms with Crippen molar-refractivity contribution >= 4 is 63.4 Å². The summed E-state index contributed by atoms with van der Waals surface area (Å²) in [5.41, 5.74) is 9.11. The highest BCUT2D eigenvalue weighted by Crippen LogP contribution is 2.42. The molecule has 7 rings (SSSR count). The lowest BCUT2D eigenvalue weighted by Crippen LogP contribution is -2.62. The number of carbonyl (C=O) groups excluding carboxylic acids is 4. The Morgan fingerprint density at radius 3 is 2.65 bits per heavy atom. The largest absolute Gasteiger partial charge is 0.464 e. The van der Waals surface area contributed by atoms with E-state index in [4.69, 9.17) is 24.2 Å². The van der Waals surface area contributed by atoms with Gasteiger partial charge in [-0.3, -0.25) is 29.4 Å². The van der Waals surface area contributed by atoms with Crippen molar-refractivity contribution < 1.29 is 38.3 Å². The summed E-state index contributed by atoms with van der Waals surface area (Å²) in [7, 11) is 6.66. The lowest BCUT2D eigenvalue weighted by atomic mass is 9.83. The summed E-state index contributed by atoms with van der Waals surface area (Å²) in [5, 5.41) is 7.63. The molecule has 2 saturated heterocycles. The number of methoxy groups -OCH3 is 2. The van der Waals surface area contributed by atoms with Crippen LogP contribution in [-0.2, 0) is 42.1 Å². The number of fused-ring (bicyclic) bond motifs is 5. The number of likely N-dealkylation sites (N-methyl/N-ethyl adjacent to an activating group) is 1. The lowest BCUT2D eigenvalue weighted by Gasteiger charge is -2.36. The molecular weight excluding hydrogens is 827 g/mol. The van der Waals surface area contributed by atoms with Crippen molar-refractivity contribution in [1.82, 2.24) is 30.2 Å². The third-order valence-corrected chi connectivity index (χ3v) is 14.1. The number of esters is 1. The molecule has 18 heteroatoms. The van der Waals surface area contributed by atoms with Crippen molar-refractivity contribution in [3.63, 3.8) is 0 Å². The molecule has 5 aliphatic heterocycles. The van der Waals surface area contributed by atoms with Crippen molar-refractivity contribution in [3.8, 4) is 0 Å². The highest BCUT2D eigenvalue weighted by atomic mass is 32.2. The molecule has 1 aromatic heterocycles. The Kier molecular flexibility index (Phi) is 14.0. The number of likely N-dealkylation sites (tertiary alicyclic amines) is 1. The number of rotatable bonds is 9. The summed E-state index contributed by atoms with van der Waals surface area (Å²) < 4.78 is 19.0. The van der Waals surface area contributed by atoms with Gasteiger partial charge in [0.05, 0.1) is 55.1 Å². The number of cyclic esters (lactones) is 1. The second kappa shape index (κ2) is 19.1. The highest BCUT2D eigenvalue weighted by Gasteiger charge is 2.45. The van der Waals surface area contributed by atoms with E-state index in [2.05, 4.69) is 54.4 Å². The second-order valence-corrected chi connectivity index (χ2v) is 19.6. The molecule has 2 aromatic rings. The normalized spacial score (nSPS) is 25.1. The average Bonchev–Trinajstić information content (AvgIpc) is 4.02. The van der Waals surface area contributed by atoms with Crippen molar-refractivity contribution in [3.05, 3.63) is 45.6 Å². The number of hydrogen-bond donors (Lipinski definition) is 2. The number of hydrazine groups is 2. The standard InChI is InChI=1S/C45H63N9O8S/c1-26(2)39(51(7)54(59)29-16-19-52(23-29)44(58)61-9)41(55)48-34-21-37-47-35(24-63-37)28-14-15-36-31(20-28)32(40(50(36)6)30-12-10-17-46-38(30)27(3)60-8)22-45(4,5)25-62-43(57)33-13-11-18-53(49-33)42(34)56/h14-15,17,20,26-27,29,33-35,39,49H,10-13,16,18-19,21-25H2,1-9H3/p+1/t27-,29-,33-,34-,35?,39-/m0/s1. The molecule has 0 spiro atoms. The van der Waals surface area contributed by atoms with Crippen LogP contribution in [0.3, 0.4) is 0 Å². The number of carbonyl (C=O) groups is 4. The summed E-state index contributed by atoms with van der Waals surface area (Å²) in [6.07, 6.45) is 5.08. The van der Waals surface area contributed by atoms with Gasteiger partial charge in [-0.2, -0.15) is 0 Å². The number of nitrogens with zero attached hydrogens (tertiary/aromatic N) is 7. The molecule has 2 fully saturated rings. The predicted octanol–water partition coefficient (Wildman–Crippen LogP) is 4.96. The predicted molar refractivity (Wildman–Crippen MR) is 242 cm³/mol. The van der Waals surface area contributed by atoms with Crippen LogP contribution in [0.15, 0.2) is 33.9 Å². The minimum atomic E-state index is -1.06. The van der Waals surface area contributed by atoms with Gasteiger partial charge >= 0.3 is 12.1 Å². The van der Waals surface area contributed by atoms with Gasteiger partial charge in [-0.05, 0) is 68.2 Å². The molecule has 342 valence electrons. The van der Waals surface area contributed by atoms with E-state index in [9.17, 15) is 24.1 Å². The van der Waals surface area contributed by atoms with E-state index in [1.54, 1.807) is 25.9 Å². The summed E-state index contributed by atoms with van der Waals surface area (Å²) in [6, 6.07) is 2.98. The molecule has 17 nitrogen and oxygen atoms in total. The van der Waals surface area contributed by atoms with Crippen LogP contribution in [0.2, 0.25) is 0 Å². The van der Waals surface area contributed by atoms with E-state index < -0.39 is 53.5 Å². The third-order valence-electron chi connectivity index (χ3n) is 13.0. The first kappa shape index (κ1) is 46.2. The number of amides is 3. The van der Waals surface area contributed by atoms with E-state index in [0.29, 0.717) is 44.5 Å². The van der Waals surface area contributed by atoms with Gasteiger partial charge < -0.3 is 29.0 Å². The number of thioether (sulfide) groups is 1. The van der Waals surface area contributed by atoms with Crippen LogP contribution in [0.1, 0.15) is 96.0 Å². The smallest absolute Gasteiger partial charge is 0.409 e. The SMILES string of the molecule is COC(=O)N1CC[C@H]([N+](=O)N(C)[C@H](C(=O)N[C@H]2CC3=NC(CS3)c3ccc4c(c3)c(c(C3=C([C@H](C)OC)N=CCC3)n4C)CC(C)(C)COC(=O)[C@@H]3CCCN(N3)C2=O)C(C)C)C1. The second-order valence-electron chi connectivity index (χ2n) is 18.6. The molecule has 1 unspecified atom stereocenters. The zero-order valence-corrected chi connectivity index (χ0v) is 39.0. The van der Waals surface area contributed by atoms with E-state index in [1.807, 2.05) is 27.0 Å². The summed E-state index contributed by atoms with van der Waals surface area (Å²) in [5.74, 6) is -1.02. The number of nitrogens with one attached hydrogen (secondary N) is 2. The first-order chi connectivity index (χ1) is 30.0. The topological polar surface area (TPSA) is 179 Å². The third kappa shape index (κ3) is 9.67. The van der Waals surface area contributed by atoms with Gasteiger partial charge in [0.15, 0.2) is 6.04 Å². The number of ether oxygens (including phenoxy) is 3. The fraction of sp³-hybridized carbons (Fsp3) is 0.644. The molecule has 6 heterocycles. The first-order valence-corrected chi connectivity index (χ1v) is 23.2. The minimum Gasteiger partial charge on any atom is -0.464 e. The van der Waals surface area contributed by atoms with Crippen LogP contribution < -0.4 is 10.7 Å². The first-order valence-electron chi connectivity index (χ1n) is 22.2. The summed E-state index contributed by atoms with van der Waals surface area (Å²) in [4.78, 5) is 81.0. The number of aromatic nitrogens is 1. The van der Waals surface area contributed by atoms with Crippen molar-refractivity contribution in [1.29, 1.82) is 0 Å². The van der Waals surface area contributed by atoms with Gasteiger partial charge in [-0.25, -0.2) is 10.2 Å². The number of allylic oxidation sites excluding steroid dienone is 1. The number of benzene rings is 1. The molecular formula is C45H64N9O8S+. The molecule has 2 N–H and O–H groups in total. The number of aryl methyl sites for hydroxylation is 1. The molecule has 0 saturated carbocycles. The molecule has 3 amide bonds. The van der Waals surface area contributed by atoms with Gasteiger partial charge in [0.1, 0.15) is 17.0 Å². The fourth-order valence-electron chi connectivity index (χ4n) is 9.63. The van der Waals surface area contributed by atoms with Gasteiger partial charge in [-0.15, -0.1) is 16.8 Å². The van der Waals surface area contributed by atoms with Crippen LogP contribution in [-0.4, -0.2) is 143 Å². The fourth-order valence-corrected chi connectivity index (χ4v) is 10.7. The number of hydrogen-bond acceptors (Lipinski definition) is 12. The molecule has 0 radical (unpaired) electrons. The quantitative estimate of drug-likeness (QED) is 0.198. The Morgan fingerprint density at radius 2 is 1.92 bits per heavy atom. The molecule has 6 bridgehead atoms. The van der Waals surface area contributed by atoms with E-state index in [0.717, 1.165) is 61.7 Å². The van der Waals surface area contributed by atoms with Gasteiger partial charge in [-0.1, -0.05) is 33.8 Å². The summed E-state index contributed by atoms with van der Waals surface area (Å²) >= 11 is 1.56. The van der Waals surface area contributed by atoms with E-state index in [1.165, 1.54) is 22.0 Å². The van der Waals surface area contributed by atoms with Crippen LogP contribution in [0, 0.1) is 16.2 Å². The molecule has 63 heavy (non-hydrogen) atoms. The maximum absolute atomic E-state index is 14.6. The van der Waals surface area contributed by atoms with Crippen LogP contribution in [0.25, 0.3) is 16.5 Å². The number of nitroso groups, excluding NO2 is 1. The maximum atomic E-state index is 14.6.